The highest BCUT2D eigenvalue weighted by Gasteiger charge is 2.19. The third-order valence-corrected chi connectivity index (χ3v) is 1.69. The maximum atomic E-state index is 7.89. The van der Waals surface area contributed by atoms with E-state index in [0.717, 1.165) is 12.1 Å². The van der Waals surface area contributed by atoms with Crippen LogP contribution < -0.4 is 0 Å². The smallest absolute Gasteiger partial charge is 0.0796 e. The fourth-order valence-electron chi connectivity index (χ4n) is 0.857. The SMILES string of the molecule is C/C=C(\N=CCC)C(=N)C(C)(C)C. The van der Waals surface area contributed by atoms with Crippen molar-refractivity contribution in [2.75, 3.05) is 0 Å². The number of nitrogens with one attached hydrogen (secondary N) is 1. The van der Waals surface area contributed by atoms with E-state index in [9.17, 15) is 0 Å². The zero-order chi connectivity index (χ0) is 10.5. The van der Waals surface area contributed by atoms with E-state index in [4.69, 9.17) is 5.41 Å². The fourth-order valence-corrected chi connectivity index (χ4v) is 0.857. The molecule has 0 aliphatic carbocycles. The van der Waals surface area contributed by atoms with Gasteiger partial charge < -0.3 is 5.41 Å². The molecule has 0 heterocycles. The normalized spacial score (nSPS) is 13.8. The topological polar surface area (TPSA) is 36.2 Å². The van der Waals surface area contributed by atoms with Crippen molar-refractivity contribution in [3.8, 4) is 0 Å². The highest BCUT2D eigenvalue weighted by atomic mass is 14.8. The predicted molar refractivity (Wildman–Crippen MR) is 59.7 cm³/mol. The molecule has 0 unspecified atom stereocenters. The van der Waals surface area contributed by atoms with Crippen molar-refractivity contribution >= 4 is 11.9 Å². The van der Waals surface area contributed by atoms with Gasteiger partial charge in [0.1, 0.15) is 0 Å². The summed E-state index contributed by atoms with van der Waals surface area (Å²) in [6.07, 6.45) is 4.64. The average Bonchev–Trinajstić information content (AvgIpc) is 2.04. The first-order valence-electron chi connectivity index (χ1n) is 4.71. The molecule has 0 saturated carbocycles. The van der Waals surface area contributed by atoms with Gasteiger partial charge in [-0.1, -0.05) is 33.8 Å². The van der Waals surface area contributed by atoms with Crippen molar-refractivity contribution in [1.29, 1.82) is 5.41 Å². The first-order valence-corrected chi connectivity index (χ1v) is 4.71. The molecule has 0 aliphatic rings. The van der Waals surface area contributed by atoms with Crippen LogP contribution in [0.1, 0.15) is 41.0 Å². The van der Waals surface area contributed by atoms with Gasteiger partial charge in [0.25, 0.3) is 0 Å². The summed E-state index contributed by atoms with van der Waals surface area (Å²) in [7, 11) is 0. The number of hydrogen-bond acceptors (Lipinski definition) is 2. The minimum atomic E-state index is -0.118. The van der Waals surface area contributed by atoms with E-state index in [1.165, 1.54) is 0 Å². The van der Waals surface area contributed by atoms with E-state index >= 15 is 0 Å². The Morgan fingerprint density at radius 2 is 1.92 bits per heavy atom. The number of nitrogens with zero attached hydrogens (tertiary/aromatic N) is 1. The quantitative estimate of drug-likeness (QED) is 0.646. The minimum absolute atomic E-state index is 0.118. The van der Waals surface area contributed by atoms with Crippen LogP contribution in [0.15, 0.2) is 16.8 Å². The first-order chi connectivity index (χ1) is 5.93. The van der Waals surface area contributed by atoms with Gasteiger partial charge >= 0.3 is 0 Å². The van der Waals surface area contributed by atoms with Crippen LogP contribution >= 0.6 is 0 Å². The van der Waals surface area contributed by atoms with Crippen molar-refractivity contribution in [2.24, 2.45) is 10.4 Å². The van der Waals surface area contributed by atoms with Gasteiger partial charge in [0.15, 0.2) is 0 Å². The lowest BCUT2D eigenvalue weighted by molar-refractivity contribution is 0.586. The standard InChI is InChI=1S/C11H20N2/c1-6-8-13-9(7-2)10(12)11(3,4)5/h7-8,12H,6H2,1-5H3/b9-7-,12-10?,13-8?. The highest BCUT2D eigenvalue weighted by Crippen LogP contribution is 2.20. The molecule has 0 bridgehead atoms. The zero-order valence-electron chi connectivity index (χ0n) is 9.31. The zero-order valence-corrected chi connectivity index (χ0v) is 9.31. The molecule has 2 heteroatoms. The Labute approximate surface area is 81.3 Å². The summed E-state index contributed by atoms with van der Waals surface area (Å²) in [5.41, 5.74) is 1.27. The largest absolute Gasteiger partial charge is 0.303 e. The third-order valence-electron chi connectivity index (χ3n) is 1.69. The van der Waals surface area contributed by atoms with E-state index in [-0.39, 0.29) is 5.41 Å². The van der Waals surface area contributed by atoms with Crippen LogP contribution in [0.4, 0.5) is 0 Å². The second-order valence-corrected chi connectivity index (χ2v) is 4.02. The molecule has 74 valence electrons. The van der Waals surface area contributed by atoms with Crippen LogP contribution in [0.25, 0.3) is 0 Å². The Kier molecular flexibility index (Phi) is 4.60. The highest BCUT2D eigenvalue weighted by molar-refractivity contribution is 6.01. The minimum Gasteiger partial charge on any atom is -0.303 e. The third kappa shape index (κ3) is 4.02. The molecule has 0 aromatic rings. The second-order valence-electron chi connectivity index (χ2n) is 4.02. The molecule has 0 spiro atoms. The molecule has 0 amide bonds. The average molecular weight is 180 g/mol. The lowest BCUT2D eigenvalue weighted by Crippen LogP contribution is -2.20. The molecule has 0 aromatic carbocycles. The van der Waals surface area contributed by atoms with Crippen LogP contribution in [0, 0.1) is 10.8 Å². The van der Waals surface area contributed by atoms with Crippen LogP contribution in [0.3, 0.4) is 0 Å². The molecule has 0 rings (SSSR count). The lowest BCUT2D eigenvalue weighted by Gasteiger charge is -2.19. The Hall–Kier alpha value is -0.920. The van der Waals surface area contributed by atoms with Crippen molar-refractivity contribution in [1.82, 2.24) is 0 Å². The summed E-state index contributed by atoms with van der Waals surface area (Å²) in [5, 5.41) is 7.89. The van der Waals surface area contributed by atoms with Gasteiger partial charge in [-0.3, -0.25) is 4.99 Å². The molecule has 0 aromatic heterocycles. The number of allylic oxidation sites excluding steroid dienone is 2. The van der Waals surface area contributed by atoms with Crippen molar-refractivity contribution < 1.29 is 0 Å². The summed E-state index contributed by atoms with van der Waals surface area (Å²) >= 11 is 0. The molecule has 0 saturated heterocycles. The van der Waals surface area contributed by atoms with Gasteiger partial charge in [0.05, 0.1) is 11.4 Å². The summed E-state index contributed by atoms with van der Waals surface area (Å²) in [6, 6.07) is 0. The summed E-state index contributed by atoms with van der Waals surface area (Å²) in [4.78, 5) is 4.24. The van der Waals surface area contributed by atoms with E-state index in [2.05, 4.69) is 4.99 Å². The molecule has 0 fully saturated rings. The van der Waals surface area contributed by atoms with E-state index in [0.29, 0.717) is 5.71 Å². The molecule has 2 nitrogen and oxygen atoms in total. The lowest BCUT2D eigenvalue weighted by atomic mass is 9.88. The van der Waals surface area contributed by atoms with Gasteiger partial charge in [0.2, 0.25) is 0 Å². The molecular weight excluding hydrogens is 160 g/mol. The second kappa shape index (κ2) is 4.95. The van der Waals surface area contributed by atoms with Gasteiger partial charge in [-0.15, -0.1) is 0 Å². The van der Waals surface area contributed by atoms with Crippen LogP contribution in [-0.4, -0.2) is 11.9 Å². The molecule has 0 aliphatic heterocycles. The molecule has 0 atom stereocenters. The first kappa shape index (κ1) is 12.1. The van der Waals surface area contributed by atoms with E-state index in [1.54, 1.807) is 0 Å². The van der Waals surface area contributed by atoms with Gasteiger partial charge in [0, 0.05) is 11.6 Å². The Morgan fingerprint density at radius 1 is 1.38 bits per heavy atom. The van der Waals surface area contributed by atoms with Gasteiger partial charge in [-0.2, -0.15) is 0 Å². The predicted octanol–water partition coefficient (Wildman–Crippen LogP) is 3.44. The van der Waals surface area contributed by atoms with Crippen LogP contribution in [-0.2, 0) is 0 Å². The van der Waals surface area contributed by atoms with E-state index < -0.39 is 0 Å². The van der Waals surface area contributed by atoms with E-state index in [1.807, 2.05) is 46.9 Å². The van der Waals surface area contributed by atoms with Crippen molar-refractivity contribution in [3.63, 3.8) is 0 Å². The van der Waals surface area contributed by atoms with Crippen molar-refractivity contribution in [2.45, 2.75) is 41.0 Å². The summed E-state index contributed by atoms with van der Waals surface area (Å²) in [6.45, 7) is 10.0. The number of rotatable bonds is 3. The van der Waals surface area contributed by atoms with Gasteiger partial charge in [-0.05, 0) is 13.3 Å². The number of aliphatic imine (C=N–C) groups is 1. The Bertz CT molecular complexity index is 229. The van der Waals surface area contributed by atoms with Crippen molar-refractivity contribution in [3.05, 3.63) is 11.8 Å². The molecule has 0 radical (unpaired) electrons. The monoisotopic (exact) mass is 180 g/mol. The molecule has 1 N–H and O–H groups in total. The Balaban J connectivity index is 4.64. The van der Waals surface area contributed by atoms with Gasteiger partial charge in [-0.25, -0.2) is 0 Å². The van der Waals surface area contributed by atoms with Crippen LogP contribution in [0.2, 0.25) is 0 Å². The summed E-state index contributed by atoms with van der Waals surface area (Å²) in [5.74, 6) is 0. The van der Waals surface area contributed by atoms with Crippen LogP contribution in [0.5, 0.6) is 0 Å². The number of hydrogen-bond donors (Lipinski definition) is 1. The Morgan fingerprint density at radius 3 is 2.23 bits per heavy atom. The fraction of sp³-hybridized carbons (Fsp3) is 0.636. The molecular formula is C11H20N2. The maximum Gasteiger partial charge on any atom is 0.0796 e. The molecule has 13 heavy (non-hydrogen) atoms. The summed E-state index contributed by atoms with van der Waals surface area (Å²) < 4.78 is 0. The maximum absolute atomic E-state index is 7.89.